The first-order valence-corrected chi connectivity index (χ1v) is 8.77. The molecular weight excluding hydrogens is 349 g/mol. The van der Waals surface area contributed by atoms with Crippen molar-refractivity contribution in [2.75, 3.05) is 26.2 Å². The molecule has 0 radical (unpaired) electrons. The van der Waals surface area contributed by atoms with Gasteiger partial charge in [0.1, 0.15) is 5.54 Å². The van der Waals surface area contributed by atoms with E-state index < -0.39 is 5.54 Å². The fourth-order valence-corrected chi connectivity index (χ4v) is 4.52. The summed E-state index contributed by atoms with van der Waals surface area (Å²) in [6, 6.07) is 0.791. The molecule has 1 amide bonds. The van der Waals surface area contributed by atoms with Crippen molar-refractivity contribution in [2.24, 2.45) is 11.1 Å². The van der Waals surface area contributed by atoms with Crippen molar-refractivity contribution in [1.29, 1.82) is 0 Å². The van der Waals surface area contributed by atoms with Gasteiger partial charge in [0.05, 0.1) is 6.10 Å². The number of carbonyl (C=O) groups excluding carboxylic acids is 1. The molecule has 1 saturated carbocycles. The first kappa shape index (κ1) is 22.0. The van der Waals surface area contributed by atoms with Gasteiger partial charge in [0.15, 0.2) is 0 Å². The quantitative estimate of drug-likeness (QED) is 0.812. The summed E-state index contributed by atoms with van der Waals surface area (Å²) in [5, 5.41) is 0. The molecule has 0 aromatic heterocycles. The maximum atomic E-state index is 13.2. The highest BCUT2D eigenvalue weighted by Crippen LogP contribution is 2.51. The topological polar surface area (TPSA) is 58.8 Å². The van der Waals surface area contributed by atoms with Crippen LogP contribution in [0.15, 0.2) is 0 Å². The number of carbonyl (C=O) groups is 1. The van der Waals surface area contributed by atoms with Crippen LogP contribution in [0.25, 0.3) is 0 Å². The van der Waals surface area contributed by atoms with Gasteiger partial charge in [-0.2, -0.15) is 0 Å². The highest BCUT2D eigenvalue weighted by atomic mass is 35.5. The van der Waals surface area contributed by atoms with Gasteiger partial charge in [0.25, 0.3) is 0 Å². The third kappa shape index (κ3) is 3.18. The second kappa shape index (κ2) is 7.67. The first-order valence-electron chi connectivity index (χ1n) is 8.77. The fraction of sp³-hybridized carbons (Fsp3) is 0.941. The first-order chi connectivity index (χ1) is 10.3. The molecule has 3 aliphatic rings. The van der Waals surface area contributed by atoms with Crippen molar-refractivity contribution in [1.82, 2.24) is 9.80 Å². The number of ether oxygens (including phenoxy) is 1. The summed E-state index contributed by atoms with van der Waals surface area (Å²) >= 11 is 0. The molecule has 0 spiro atoms. The monoisotopic (exact) mass is 381 g/mol. The van der Waals surface area contributed by atoms with Crippen LogP contribution in [0, 0.1) is 5.41 Å². The third-order valence-electron chi connectivity index (χ3n) is 6.41. The maximum Gasteiger partial charge on any atom is 0.243 e. The van der Waals surface area contributed by atoms with Gasteiger partial charge in [-0.1, -0.05) is 13.8 Å². The van der Waals surface area contributed by atoms with E-state index in [-0.39, 0.29) is 48.3 Å². The third-order valence-corrected chi connectivity index (χ3v) is 6.41. The number of fused-ring (bicyclic) bond motifs is 1. The van der Waals surface area contributed by atoms with Crippen LogP contribution in [0.4, 0.5) is 0 Å². The van der Waals surface area contributed by atoms with Gasteiger partial charge in [0.2, 0.25) is 5.91 Å². The van der Waals surface area contributed by atoms with E-state index in [1.165, 1.54) is 19.4 Å². The van der Waals surface area contributed by atoms with Crippen molar-refractivity contribution >= 4 is 30.7 Å². The highest BCUT2D eigenvalue weighted by Gasteiger charge is 2.64. The number of piperazine rings is 1. The Hall–Kier alpha value is -0.0700. The number of nitrogens with zero attached hydrogens (tertiary/aromatic N) is 2. The van der Waals surface area contributed by atoms with E-state index in [0.29, 0.717) is 19.1 Å². The van der Waals surface area contributed by atoms with Crippen LogP contribution in [0.5, 0.6) is 0 Å². The predicted octanol–water partition coefficient (Wildman–Crippen LogP) is 2.06. The zero-order valence-corrected chi connectivity index (χ0v) is 16.9. The van der Waals surface area contributed by atoms with Gasteiger partial charge >= 0.3 is 0 Å². The van der Waals surface area contributed by atoms with Crippen LogP contribution in [0.2, 0.25) is 0 Å². The minimum absolute atomic E-state index is 0. The Balaban J connectivity index is 0.00000144. The Morgan fingerprint density at radius 3 is 2.54 bits per heavy atom. The molecule has 4 unspecified atom stereocenters. The average molecular weight is 382 g/mol. The summed E-state index contributed by atoms with van der Waals surface area (Å²) in [5.41, 5.74) is 5.52. The number of hydrogen-bond donors (Lipinski definition) is 1. The predicted molar refractivity (Wildman–Crippen MR) is 101 cm³/mol. The summed E-state index contributed by atoms with van der Waals surface area (Å²) in [7, 11) is 0. The van der Waals surface area contributed by atoms with Gasteiger partial charge < -0.3 is 15.4 Å². The normalized spacial score (nSPS) is 37.7. The van der Waals surface area contributed by atoms with E-state index in [1.54, 1.807) is 0 Å². The summed E-state index contributed by atoms with van der Waals surface area (Å²) < 4.78 is 5.76. The van der Waals surface area contributed by atoms with E-state index in [2.05, 4.69) is 30.6 Å². The SMILES string of the molecule is CCOC1CC(N)(C(=O)N2CC3CCCN3CC2C)C1(C)C.Cl.Cl. The summed E-state index contributed by atoms with van der Waals surface area (Å²) in [4.78, 5) is 17.8. The molecule has 3 rings (SSSR count). The largest absolute Gasteiger partial charge is 0.378 e. The Bertz CT molecular complexity index is 463. The van der Waals surface area contributed by atoms with Gasteiger partial charge in [0, 0.05) is 43.6 Å². The van der Waals surface area contributed by atoms with Crippen LogP contribution in [-0.2, 0) is 9.53 Å². The Labute approximate surface area is 158 Å². The molecule has 142 valence electrons. The lowest BCUT2D eigenvalue weighted by molar-refractivity contribution is -0.183. The van der Waals surface area contributed by atoms with E-state index in [9.17, 15) is 4.79 Å². The van der Waals surface area contributed by atoms with Crippen molar-refractivity contribution in [3.63, 3.8) is 0 Å². The molecule has 4 atom stereocenters. The van der Waals surface area contributed by atoms with Crippen molar-refractivity contribution in [2.45, 2.75) is 70.7 Å². The van der Waals surface area contributed by atoms with Gasteiger partial charge in [-0.15, -0.1) is 24.8 Å². The van der Waals surface area contributed by atoms with Crippen molar-refractivity contribution in [3.05, 3.63) is 0 Å². The molecule has 3 fully saturated rings. The lowest BCUT2D eigenvalue weighted by atomic mass is 9.54. The minimum atomic E-state index is -0.776. The van der Waals surface area contributed by atoms with Crippen LogP contribution >= 0.6 is 24.8 Å². The molecular formula is C17H33Cl2N3O2. The van der Waals surface area contributed by atoms with E-state index >= 15 is 0 Å². The molecule has 2 aliphatic heterocycles. The number of nitrogens with two attached hydrogens (primary N) is 1. The van der Waals surface area contributed by atoms with Crippen LogP contribution in [-0.4, -0.2) is 65.7 Å². The van der Waals surface area contributed by atoms with Crippen LogP contribution in [0.1, 0.15) is 47.0 Å². The fourth-order valence-electron chi connectivity index (χ4n) is 4.52. The summed E-state index contributed by atoms with van der Waals surface area (Å²) in [5.74, 6) is 0.132. The molecule has 0 aromatic rings. The Kier molecular flexibility index (Phi) is 7.02. The van der Waals surface area contributed by atoms with Crippen LogP contribution < -0.4 is 5.73 Å². The number of halogens is 2. The lowest BCUT2D eigenvalue weighted by Crippen LogP contribution is -2.77. The number of hydrogen-bond acceptors (Lipinski definition) is 4. The maximum absolute atomic E-state index is 13.2. The molecule has 0 bridgehead atoms. The smallest absolute Gasteiger partial charge is 0.243 e. The molecule has 2 saturated heterocycles. The van der Waals surface area contributed by atoms with Gasteiger partial charge in [-0.3, -0.25) is 9.69 Å². The molecule has 2 N–H and O–H groups in total. The van der Waals surface area contributed by atoms with Gasteiger partial charge in [-0.05, 0) is 33.2 Å². The number of rotatable bonds is 3. The lowest BCUT2D eigenvalue weighted by Gasteiger charge is -2.59. The molecule has 1 aliphatic carbocycles. The molecule has 5 nitrogen and oxygen atoms in total. The second-order valence-electron chi connectivity index (χ2n) is 7.94. The summed E-state index contributed by atoms with van der Waals surface area (Å²) in [6.07, 6.45) is 3.20. The van der Waals surface area contributed by atoms with E-state index in [4.69, 9.17) is 10.5 Å². The Morgan fingerprint density at radius 2 is 1.96 bits per heavy atom. The van der Waals surface area contributed by atoms with Crippen LogP contribution in [0.3, 0.4) is 0 Å². The average Bonchev–Trinajstić information content (AvgIpc) is 2.92. The molecule has 0 aromatic carbocycles. The Morgan fingerprint density at radius 1 is 1.29 bits per heavy atom. The molecule has 2 heterocycles. The standard InChI is InChI=1S/C17H31N3O2.2ClH/c1-5-22-14-9-17(18,16(14,3)4)15(21)20-11-13-7-6-8-19(13)10-12(20)2;;/h12-14H,5-11,18H2,1-4H3;2*1H. The van der Waals surface area contributed by atoms with E-state index in [1.807, 2.05) is 6.92 Å². The minimum Gasteiger partial charge on any atom is -0.378 e. The van der Waals surface area contributed by atoms with Crippen molar-refractivity contribution < 1.29 is 9.53 Å². The van der Waals surface area contributed by atoms with Crippen molar-refractivity contribution in [3.8, 4) is 0 Å². The zero-order chi connectivity index (χ0) is 16.1. The zero-order valence-electron chi connectivity index (χ0n) is 15.3. The number of amides is 1. The van der Waals surface area contributed by atoms with E-state index in [0.717, 1.165) is 13.1 Å². The molecule has 24 heavy (non-hydrogen) atoms. The second-order valence-corrected chi connectivity index (χ2v) is 7.94. The molecule has 7 heteroatoms. The van der Waals surface area contributed by atoms with Gasteiger partial charge in [-0.25, -0.2) is 0 Å². The highest BCUT2D eigenvalue weighted by molar-refractivity contribution is 5.89. The summed E-state index contributed by atoms with van der Waals surface area (Å²) in [6.45, 7) is 12.0.